The summed E-state index contributed by atoms with van der Waals surface area (Å²) in [5, 5.41) is 13.3. The number of rotatable bonds is 3. The normalized spacial score (nSPS) is 21.4. The number of benzene rings is 1. The summed E-state index contributed by atoms with van der Waals surface area (Å²) in [7, 11) is 0. The van der Waals surface area contributed by atoms with Gasteiger partial charge in [0.15, 0.2) is 0 Å². The third kappa shape index (κ3) is 3.43. The van der Waals surface area contributed by atoms with Crippen LogP contribution in [-0.2, 0) is 4.79 Å². The summed E-state index contributed by atoms with van der Waals surface area (Å²) >= 11 is 0. The number of nitrogens with one attached hydrogen (secondary N) is 1. The van der Waals surface area contributed by atoms with Crippen molar-refractivity contribution >= 4 is 17.3 Å². The second kappa shape index (κ2) is 6.69. The molecule has 2 N–H and O–H groups in total. The minimum atomic E-state index is -1.17. The molecular formula is C18H26N2O2. The van der Waals surface area contributed by atoms with Gasteiger partial charge in [0.1, 0.15) is 5.60 Å². The SMILES string of the molecule is O=C(Nc1cccc(N2CCCCCC2)c1)C1(O)CCCC1. The number of aliphatic hydroxyl groups is 1. The number of hydrogen-bond donors (Lipinski definition) is 2. The average molecular weight is 302 g/mol. The number of amides is 1. The van der Waals surface area contributed by atoms with Gasteiger partial charge in [0.25, 0.3) is 5.91 Å². The van der Waals surface area contributed by atoms with Crippen LogP contribution in [-0.4, -0.2) is 29.7 Å². The Morgan fingerprint density at radius 3 is 2.41 bits per heavy atom. The molecule has 2 fully saturated rings. The van der Waals surface area contributed by atoms with Crippen molar-refractivity contribution in [2.45, 2.75) is 57.0 Å². The average Bonchev–Trinajstić information content (AvgIpc) is 2.81. The highest BCUT2D eigenvalue weighted by Crippen LogP contribution is 2.31. The number of carbonyl (C=O) groups is 1. The highest BCUT2D eigenvalue weighted by molar-refractivity contribution is 5.97. The van der Waals surface area contributed by atoms with Gasteiger partial charge in [0.2, 0.25) is 0 Å². The molecule has 1 saturated heterocycles. The lowest BCUT2D eigenvalue weighted by atomic mass is 10.0. The molecule has 22 heavy (non-hydrogen) atoms. The minimum absolute atomic E-state index is 0.252. The van der Waals surface area contributed by atoms with Crippen LogP contribution in [0.3, 0.4) is 0 Å². The molecule has 2 aliphatic rings. The van der Waals surface area contributed by atoms with Gasteiger partial charge >= 0.3 is 0 Å². The van der Waals surface area contributed by atoms with Crippen molar-refractivity contribution in [3.8, 4) is 0 Å². The molecule has 1 heterocycles. The molecule has 120 valence electrons. The second-order valence-electron chi connectivity index (χ2n) is 6.64. The maximum absolute atomic E-state index is 12.3. The first kappa shape index (κ1) is 15.3. The Bertz CT molecular complexity index is 516. The maximum Gasteiger partial charge on any atom is 0.256 e. The Morgan fingerprint density at radius 2 is 1.73 bits per heavy atom. The molecular weight excluding hydrogens is 276 g/mol. The lowest BCUT2D eigenvalue weighted by molar-refractivity contribution is -0.133. The third-order valence-electron chi connectivity index (χ3n) is 4.93. The van der Waals surface area contributed by atoms with Gasteiger partial charge in [-0.05, 0) is 56.7 Å². The monoisotopic (exact) mass is 302 g/mol. The minimum Gasteiger partial charge on any atom is -0.380 e. The third-order valence-corrected chi connectivity index (χ3v) is 4.93. The van der Waals surface area contributed by atoms with Crippen molar-refractivity contribution in [1.82, 2.24) is 0 Å². The van der Waals surface area contributed by atoms with Gasteiger partial charge in [-0.1, -0.05) is 18.9 Å². The molecule has 4 nitrogen and oxygen atoms in total. The molecule has 4 heteroatoms. The van der Waals surface area contributed by atoms with Crippen LogP contribution in [0.2, 0.25) is 0 Å². The van der Waals surface area contributed by atoms with Gasteiger partial charge in [-0.15, -0.1) is 0 Å². The zero-order valence-electron chi connectivity index (χ0n) is 13.2. The summed E-state index contributed by atoms with van der Waals surface area (Å²) < 4.78 is 0. The molecule has 1 aromatic rings. The van der Waals surface area contributed by atoms with Crippen molar-refractivity contribution in [1.29, 1.82) is 0 Å². The summed E-state index contributed by atoms with van der Waals surface area (Å²) in [6.45, 7) is 2.17. The van der Waals surface area contributed by atoms with Crippen molar-refractivity contribution in [3.05, 3.63) is 24.3 Å². The smallest absolute Gasteiger partial charge is 0.256 e. The van der Waals surface area contributed by atoms with Crippen LogP contribution in [0.25, 0.3) is 0 Å². The van der Waals surface area contributed by atoms with E-state index in [9.17, 15) is 9.90 Å². The Hall–Kier alpha value is -1.55. The van der Waals surface area contributed by atoms with E-state index in [4.69, 9.17) is 0 Å². The van der Waals surface area contributed by atoms with Gasteiger partial charge in [0.05, 0.1) is 0 Å². The predicted octanol–water partition coefficient (Wildman–Crippen LogP) is 3.31. The Labute approximate surface area is 132 Å². The van der Waals surface area contributed by atoms with Gasteiger partial charge in [-0.25, -0.2) is 0 Å². The van der Waals surface area contributed by atoms with E-state index in [-0.39, 0.29) is 5.91 Å². The van der Waals surface area contributed by atoms with Crippen LogP contribution >= 0.6 is 0 Å². The van der Waals surface area contributed by atoms with Crippen molar-refractivity contribution in [2.24, 2.45) is 0 Å². The van der Waals surface area contributed by atoms with Crippen molar-refractivity contribution in [3.63, 3.8) is 0 Å². The zero-order chi connectivity index (χ0) is 15.4. The summed E-state index contributed by atoms with van der Waals surface area (Å²) in [6.07, 6.45) is 8.08. The van der Waals surface area contributed by atoms with E-state index in [0.29, 0.717) is 12.8 Å². The largest absolute Gasteiger partial charge is 0.380 e. The first-order valence-corrected chi connectivity index (χ1v) is 8.56. The highest BCUT2D eigenvalue weighted by atomic mass is 16.3. The maximum atomic E-state index is 12.3. The highest BCUT2D eigenvalue weighted by Gasteiger charge is 2.38. The standard InChI is InChI=1S/C18H26N2O2/c21-17(18(22)10-3-4-11-18)19-15-8-7-9-16(14-15)20-12-5-1-2-6-13-20/h7-9,14,22H,1-6,10-13H2,(H,19,21). The summed E-state index contributed by atoms with van der Waals surface area (Å²) in [5.74, 6) is -0.252. The van der Waals surface area contributed by atoms with E-state index in [1.165, 1.54) is 25.7 Å². The molecule has 0 bridgehead atoms. The van der Waals surface area contributed by atoms with Crippen LogP contribution < -0.4 is 10.2 Å². The zero-order valence-corrected chi connectivity index (χ0v) is 13.2. The van der Waals surface area contributed by atoms with Gasteiger partial charge in [-0.3, -0.25) is 4.79 Å². The molecule has 1 aliphatic heterocycles. The number of anilines is 2. The Balaban J connectivity index is 1.69. The second-order valence-corrected chi connectivity index (χ2v) is 6.64. The van der Waals surface area contributed by atoms with Crippen LogP contribution in [0.1, 0.15) is 51.4 Å². The Morgan fingerprint density at radius 1 is 1.05 bits per heavy atom. The number of nitrogens with zero attached hydrogens (tertiary/aromatic N) is 1. The molecule has 1 aromatic carbocycles. The molecule has 1 aliphatic carbocycles. The molecule has 0 atom stereocenters. The summed E-state index contributed by atoms with van der Waals surface area (Å²) in [6, 6.07) is 8.01. The van der Waals surface area contributed by atoms with E-state index in [2.05, 4.69) is 16.3 Å². The predicted molar refractivity (Wildman–Crippen MR) is 89.2 cm³/mol. The first-order valence-electron chi connectivity index (χ1n) is 8.56. The molecule has 3 rings (SSSR count). The fourth-order valence-electron chi connectivity index (χ4n) is 3.54. The molecule has 1 amide bonds. The van der Waals surface area contributed by atoms with Crippen molar-refractivity contribution in [2.75, 3.05) is 23.3 Å². The Kier molecular flexibility index (Phi) is 4.67. The summed E-state index contributed by atoms with van der Waals surface area (Å²) in [4.78, 5) is 14.7. The topological polar surface area (TPSA) is 52.6 Å². The van der Waals surface area contributed by atoms with Crippen LogP contribution in [0.15, 0.2) is 24.3 Å². The molecule has 0 unspecified atom stereocenters. The van der Waals surface area contributed by atoms with Crippen LogP contribution in [0.4, 0.5) is 11.4 Å². The fraction of sp³-hybridized carbons (Fsp3) is 0.611. The van der Waals surface area contributed by atoms with Crippen LogP contribution in [0.5, 0.6) is 0 Å². The van der Waals surface area contributed by atoms with Crippen LogP contribution in [0, 0.1) is 0 Å². The van der Waals surface area contributed by atoms with Crippen molar-refractivity contribution < 1.29 is 9.90 Å². The van der Waals surface area contributed by atoms with E-state index in [1.54, 1.807) is 0 Å². The molecule has 0 radical (unpaired) electrons. The first-order chi connectivity index (χ1) is 10.7. The lowest BCUT2D eigenvalue weighted by Gasteiger charge is -2.24. The summed E-state index contributed by atoms with van der Waals surface area (Å²) in [5.41, 5.74) is 0.781. The van der Waals surface area contributed by atoms with Gasteiger partial charge < -0.3 is 15.3 Å². The quantitative estimate of drug-likeness (QED) is 0.900. The molecule has 0 spiro atoms. The van der Waals surface area contributed by atoms with E-state index in [1.807, 2.05) is 18.2 Å². The molecule has 0 aromatic heterocycles. The van der Waals surface area contributed by atoms with E-state index >= 15 is 0 Å². The number of hydrogen-bond acceptors (Lipinski definition) is 3. The van der Waals surface area contributed by atoms with E-state index in [0.717, 1.165) is 37.3 Å². The molecule has 1 saturated carbocycles. The van der Waals surface area contributed by atoms with Gasteiger partial charge in [0, 0.05) is 24.5 Å². The lowest BCUT2D eigenvalue weighted by Crippen LogP contribution is -2.40. The number of carbonyl (C=O) groups excluding carboxylic acids is 1. The van der Waals surface area contributed by atoms with E-state index < -0.39 is 5.60 Å². The fourth-order valence-corrected chi connectivity index (χ4v) is 3.54. The van der Waals surface area contributed by atoms with Gasteiger partial charge in [-0.2, -0.15) is 0 Å².